The van der Waals surface area contributed by atoms with Crippen molar-refractivity contribution in [2.75, 3.05) is 39.8 Å². The van der Waals surface area contributed by atoms with E-state index in [4.69, 9.17) is 5.73 Å². The lowest BCUT2D eigenvalue weighted by molar-refractivity contribution is 0.0535. The summed E-state index contributed by atoms with van der Waals surface area (Å²) in [5.74, 6) is -0.0712. The van der Waals surface area contributed by atoms with E-state index < -0.39 is 0 Å². The number of thiazole rings is 1. The molecule has 118 valence electrons. The number of nitrogens with two attached hydrogens (primary N) is 1. The SMILES string of the molecule is CN1CCC(N(CCO)C(=O)c2csc(CCN)n2)CC1. The molecule has 0 aromatic carbocycles. The Kier molecular flexibility index (Phi) is 6.10. The zero-order valence-electron chi connectivity index (χ0n) is 12.5. The number of carbonyl (C=O) groups is 1. The van der Waals surface area contributed by atoms with E-state index in [1.807, 2.05) is 0 Å². The van der Waals surface area contributed by atoms with Crippen molar-refractivity contribution in [2.24, 2.45) is 5.73 Å². The van der Waals surface area contributed by atoms with Crippen LogP contribution in [0.1, 0.15) is 28.3 Å². The number of amides is 1. The average molecular weight is 312 g/mol. The maximum Gasteiger partial charge on any atom is 0.273 e. The molecule has 1 aromatic rings. The third kappa shape index (κ3) is 4.23. The molecule has 0 atom stereocenters. The molecule has 1 amide bonds. The number of nitrogens with zero attached hydrogens (tertiary/aromatic N) is 3. The van der Waals surface area contributed by atoms with E-state index in [0.717, 1.165) is 30.9 Å². The summed E-state index contributed by atoms with van der Waals surface area (Å²) < 4.78 is 0. The van der Waals surface area contributed by atoms with Crippen molar-refractivity contribution >= 4 is 17.2 Å². The molecule has 1 aromatic heterocycles. The van der Waals surface area contributed by atoms with Gasteiger partial charge in [0.2, 0.25) is 0 Å². The van der Waals surface area contributed by atoms with E-state index in [1.165, 1.54) is 11.3 Å². The van der Waals surface area contributed by atoms with Crippen LogP contribution >= 0.6 is 11.3 Å². The molecule has 7 heteroatoms. The summed E-state index contributed by atoms with van der Waals surface area (Å²) in [6.45, 7) is 2.86. The lowest BCUT2D eigenvalue weighted by Crippen LogP contribution is -2.47. The first kappa shape index (κ1) is 16.4. The minimum atomic E-state index is -0.0712. The normalized spacial score (nSPS) is 17.1. The quantitative estimate of drug-likeness (QED) is 0.782. The number of hydrogen-bond donors (Lipinski definition) is 2. The lowest BCUT2D eigenvalue weighted by atomic mass is 10.0. The van der Waals surface area contributed by atoms with Crippen LogP contribution in [0.5, 0.6) is 0 Å². The Morgan fingerprint density at radius 3 is 2.90 bits per heavy atom. The van der Waals surface area contributed by atoms with Crippen molar-refractivity contribution < 1.29 is 9.90 Å². The summed E-state index contributed by atoms with van der Waals surface area (Å²) in [7, 11) is 2.09. The van der Waals surface area contributed by atoms with Crippen LogP contribution in [0.2, 0.25) is 0 Å². The van der Waals surface area contributed by atoms with Crippen LogP contribution < -0.4 is 5.73 Å². The van der Waals surface area contributed by atoms with Crippen molar-refractivity contribution in [1.82, 2.24) is 14.8 Å². The number of aliphatic hydroxyl groups excluding tert-OH is 1. The number of rotatable bonds is 6. The molecule has 1 aliphatic rings. The first-order chi connectivity index (χ1) is 10.2. The van der Waals surface area contributed by atoms with Gasteiger partial charge in [-0.2, -0.15) is 0 Å². The van der Waals surface area contributed by atoms with Gasteiger partial charge in [-0.3, -0.25) is 4.79 Å². The van der Waals surface area contributed by atoms with Crippen LogP contribution in [-0.4, -0.2) is 71.7 Å². The van der Waals surface area contributed by atoms with Crippen molar-refractivity contribution in [1.29, 1.82) is 0 Å². The third-order valence-electron chi connectivity index (χ3n) is 3.86. The van der Waals surface area contributed by atoms with E-state index in [-0.39, 0.29) is 18.6 Å². The maximum atomic E-state index is 12.6. The minimum absolute atomic E-state index is 0.0160. The van der Waals surface area contributed by atoms with Gasteiger partial charge in [0.1, 0.15) is 5.69 Å². The molecule has 0 aliphatic carbocycles. The molecule has 0 radical (unpaired) electrons. The molecule has 0 saturated carbocycles. The Balaban J connectivity index is 2.07. The van der Waals surface area contributed by atoms with Crippen LogP contribution in [0.15, 0.2) is 5.38 Å². The highest BCUT2D eigenvalue weighted by atomic mass is 32.1. The largest absolute Gasteiger partial charge is 0.395 e. The van der Waals surface area contributed by atoms with Crippen LogP contribution in [0.3, 0.4) is 0 Å². The lowest BCUT2D eigenvalue weighted by Gasteiger charge is -2.36. The molecule has 0 bridgehead atoms. The molecule has 1 aliphatic heterocycles. The molecular formula is C14H24N4O2S. The van der Waals surface area contributed by atoms with Gasteiger partial charge in [0.05, 0.1) is 11.6 Å². The minimum Gasteiger partial charge on any atom is -0.395 e. The van der Waals surface area contributed by atoms with Crippen molar-refractivity contribution in [3.8, 4) is 0 Å². The zero-order valence-corrected chi connectivity index (χ0v) is 13.3. The van der Waals surface area contributed by atoms with E-state index >= 15 is 0 Å². The summed E-state index contributed by atoms with van der Waals surface area (Å²) in [4.78, 5) is 21.1. The molecular weight excluding hydrogens is 288 g/mol. The Bertz CT molecular complexity index is 458. The predicted molar refractivity (Wildman–Crippen MR) is 83.5 cm³/mol. The molecule has 21 heavy (non-hydrogen) atoms. The number of hydrogen-bond acceptors (Lipinski definition) is 6. The highest BCUT2D eigenvalue weighted by Gasteiger charge is 2.28. The van der Waals surface area contributed by atoms with Gasteiger partial charge < -0.3 is 20.6 Å². The highest BCUT2D eigenvalue weighted by Crippen LogP contribution is 2.19. The van der Waals surface area contributed by atoms with Crippen molar-refractivity contribution in [3.05, 3.63) is 16.1 Å². The summed E-state index contributed by atoms with van der Waals surface area (Å²) in [6.07, 6.45) is 2.59. The molecule has 3 N–H and O–H groups in total. The van der Waals surface area contributed by atoms with Gasteiger partial charge in [-0.1, -0.05) is 0 Å². The van der Waals surface area contributed by atoms with Crippen LogP contribution in [0.25, 0.3) is 0 Å². The van der Waals surface area contributed by atoms with E-state index in [1.54, 1.807) is 10.3 Å². The van der Waals surface area contributed by atoms with Gasteiger partial charge in [0.25, 0.3) is 5.91 Å². The second kappa shape index (κ2) is 7.84. The molecule has 0 unspecified atom stereocenters. The van der Waals surface area contributed by atoms with Gasteiger partial charge in [-0.25, -0.2) is 4.98 Å². The van der Waals surface area contributed by atoms with Crippen molar-refractivity contribution in [3.63, 3.8) is 0 Å². The second-order valence-corrected chi connectivity index (χ2v) is 6.36. The summed E-state index contributed by atoms with van der Waals surface area (Å²) in [5, 5.41) is 12.0. The highest BCUT2D eigenvalue weighted by molar-refractivity contribution is 7.09. The van der Waals surface area contributed by atoms with Crippen molar-refractivity contribution in [2.45, 2.75) is 25.3 Å². The third-order valence-corrected chi connectivity index (χ3v) is 4.77. The summed E-state index contributed by atoms with van der Waals surface area (Å²) in [6, 6.07) is 0.195. The number of likely N-dealkylation sites (tertiary alicyclic amines) is 1. The fourth-order valence-corrected chi connectivity index (χ4v) is 3.45. The Labute approximate surface area is 129 Å². The van der Waals surface area contributed by atoms with Crippen LogP contribution in [-0.2, 0) is 6.42 Å². The van der Waals surface area contributed by atoms with E-state index in [0.29, 0.717) is 25.2 Å². The summed E-state index contributed by atoms with van der Waals surface area (Å²) in [5.41, 5.74) is 6.00. The standard InChI is InChI=1S/C14H24N4O2S/c1-17-6-3-11(4-7-17)18(8-9-19)14(20)12-10-21-13(16-12)2-5-15/h10-11,19H,2-9,15H2,1H3. The molecule has 1 fully saturated rings. The fourth-order valence-electron chi connectivity index (χ4n) is 2.66. The summed E-state index contributed by atoms with van der Waals surface area (Å²) >= 11 is 1.48. The first-order valence-electron chi connectivity index (χ1n) is 7.40. The zero-order chi connectivity index (χ0) is 15.2. The maximum absolute atomic E-state index is 12.6. The second-order valence-electron chi connectivity index (χ2n) is 5.42. The Morgan fingerprint density at radius 2 is 2.29 bits per heavy atom. The van der Waals surface area contributed by atoms with Gasteiger partial charge in [-0.05, 0) is 39.5 Å². The fraction of sp³-hybridized carbons (Fsp3) is 0.714. The molecule has 1 saturated heterocycles. The smallest absolute Gasteiger partial charge is 0.273 e. The van der Waals surface area contributed by atoms with Gasteiger partial charge >= 0.3 is 0 Å². The number of aromatic nitrogens is 1. The number of piperidine rings is 1. The molecule has 2 rings (SSSR count). The first-order valence-corrected chi connectivity index (χ1v) is 8.28. The average Bonchev–Trinajstić information content (AvgIpc) is 2.94. The molecule has 2 heterocycles. The topological polar surface area (TPSA) is 82.7 Å². The van der Waals surface area contributed by atoms with Gasteiger partial charge in [-0.15, -0.1) is 11.3 Å². The van der Waals surface area contributed by atoms with E-state index in [9.17, 15) is 9.90 Å². The molecule has 6 nitrogen and oxygen atoms in total. The van der Waals surface area contributed by atoms with Crippen LogP contribution in [0.4, 0.5) is 0 Å². The Hall–Kier alpha value is -1.02. The van der Waals surface area contributed by atoms with Gasteiger partial charge in [0.15, 0.2) is 0 Å². The molecule has 0 spiro atoms. The van der Waals surface area contributed by atoms with Crippen LogP contribution in [0, 0.1) is 0 Å². The number of aliphatic hydroxyl groups is 1. The Morgan fingerprint density at radius 1 is 1.57 bits per heavy atom. The van der Waals surface area contributed by atoms with E-state index in [2.05, 4.69) is 16.9 Å². The number of carbonyl (C=O) groups excluding carboxylic acids is 1. The monoisotopic (exact) mass is 312 g/mol. The predicted octanol–water partition coefficient (Wildman–Crippen LogP) is 0.173. The van der Waals surface area contributed by atoms with Gasteiger partial charge in [0, 0.05) is 24.4 Å².